The first-order valence-electron chi connectivity index (χ1n) is 6.22. The Morgan fingerprint density at radius 2 is 2.10 bits per heavy atom. The molecule has 0 fully saturated rings. The van der Waals surface area contributed by atoms with Crippen molar-refractivity contribution in [2.45, 2.75) is 19.5 Å². The number of aromatic nitrogens is 3. The van der Waals surface area contributed by atoms with Crippen LogP contribution in [0.4, 0.5) is 0 Å². The van der Waals surface area contributed by atoms with E-state index in [1.165, 1.54) is 14.0 Å². The predicted octanol–water partition coefficient (Wildman–Crippen LogP) is -0.531. The molecule has 8 nitrogen and oxygen atoms in total. The molecule has 110 valence electrons. The standard InChI is InChI=1S/C13H14N4O4/c1-8(13(20)21-2)14-11(18)7-17-12(19)9-5-3-4-6-10(9)15-16-17/h3-6,8H,7H2,1-2H3,(H,14,18)/t8-/m0/s1. The first kappa shape index (κ1) is 14.6. The van der Waals surface area contributed by atoms with Crippen LogP contribution >= 0.6 is 0 Å². The number of fused-ring (bicyclic) bond motifs is 1. The van der Waals surface area contributed by atoms with Gasteiger partial charge in [-0.1, -0.05) is 17.3 Å². The Morgan fingerprint density at radius 3 is 2.81 bits per heavy atom. The summed E-state index contributed by atoms with van der Waals surface area (Å²) in [5, 5.41) is 10.4. The van der Waals surface area contributed by atoms with Gasteiger partial charge in [-0.15, -0.1) is 5.10 Å². The maximum atomic E-state index is 12.1. The number of hydrogen-bond donors (Lipinski definition) is 1. The van der Waals surface area contributed by atoms with Crippen molar-refractivity contribution < 1.29 is 14.3 Å². The summed E-state index contributed by atoms with van der Waals surface area (Å²) in [5.74, 6) is -1.10. The molecule has 0 aliphatic heterocycles. The number of ether oxygens (including phenoxy) is 1. The molecule has 1 aromatic carbocycles. The first-order chi connectivity index (χ1) is 10.0. The van der Waals surface area contributed by atoms with E-state index in [9.17, 15) is 14.4 Å². The molecule has 0 saturated carbocycles. The summed E-state index contributed by atoms with van der Waals surface area (Å²) >= 11 is 0. The molecule has 2 aromatic rings. The second-order valence-electron chi connectivity index (χ2n) is 4.38. The first-order valence-corrected chi connectivity index (χ1v) is 6.22. The molecule has 0 saturated heterocycles. The third-order valence-corrected chi connectivity index (χ3v) is 2.85. The monoisotopic (exact) mass is 290 g/mol. The minimum atomic E-state index is -0.799. The summed E-state index contributed by atoms with van der Waals surface area (Å²) < 4.78 is 5.44. The molecule has 1 amide bonds. The van der Waals surface area contributed by atoms with Crippen LogP contribution in [0.3, 0.4) is 0 Å². The van der Waals surface area contributed by atoms with Gasteiger partial charge in [-0.05, 0) is 19.1 Å². The number of carbonyl (C=O) groups excluding carboxylic acids is 2. The Labute approximate surface area is 119 Å². The van der Waals surface area contributed by atoms with Gasteiger partial charge in [-0.25, -0.2) is 9.48 Å². The Bertz CT molecular complexity index is 740. The Balaban J connectivity index is 2.17. The molecule has 0 radical (unpaired) electrons. The molecule has 2 rings (SSSR count). The highest BCUT2D eigenvalue weighted by molar-refractivity contribution is 5.84. The van der Waals surface area contributed by atoms with Crippen LogP contribution in [-0.2, 0) is 20.9 Å². The van der Waals surface area contributed by atoms with Crippen molar-refractivity contribution in [2.75, 3.05) is 7.11 Å². The summed E-state index contributed by atoms with van der Waals surface area (Å²) in [4.78, 5) is 35.1. The molecule has 1 atom stereocenters. The highest BCUT2D eigenvalue weighted by atomic mass is 16.5. The third kappa shape index (κ3) is 3.22. The van der Waals surface area contributed by atoms with E-state index in [0.717, 1.165) is 4.68 Å². The van der Waals surface area contributed by atoms with E-state index < -0.39 is 23.5 Å². The molecule has 0 unspecified atom stereocenters. The van der Waals surface area contributed by atoms with Crippen LogP contribution in [-0.4, -0.2) is 40.0 Å². The number of benzene rings is 1. The van der Waals surface area contributed by atoms with Crippen LogP contribution in [0.5, 0.6) is 0 Å². The molecule has 8 heteroatoms. The zero-order valence-electron chi connectivity index (χ0n) is 11.6. The van der Waals surface area contributed by atoms with Gasteiger partial charge in [0.05, 0.1) is 12.5 Å². The lowest BCUT2D eigenvalue weighted by Gasteiger charge is -2.11. The van der Waals surface area contributed by atoms with Crippen LogP contribution in [0.2, 0.25) is 0 Å². The van der Waals surface area contributed by atoms with Gasteiger partial charge in [0.15, 0.2) is 0 Å². The summed E-state index contributed by atoms with van der Waals surface area (Å²) in [7, 11) is 1.23. The summed E-state index contributed by atoms with van der Waals surface area (Å²) in [6, 6.07) is 5.91. The molecule has 0 aliphatic carbocycles. The van der Waals surface area contributed by atoms with Crippen molar-refractivity contribution in [1.82, 2.24) is 20.3 Å². The van der Waals surface area contributed by atoms with Crippen molar-refractivity contribution >= 4 is 22.8 Å². The Hall–Kier alpha value is -2.77. The normalized spacial score (nSPS) is 11.9. The van der Waals surface area contributed by atoms with Crippen molar-refractivity contribution in [3.8, 4) is 0 Å². The van der Waals surface area contributed by atoms with Crippen LogP contribution in [0, 0.1) is 0 Å². The molecule has 0 spiro atoms. The number of carbonyl (C=O) groups is 2. The third-order valence-electron chi connectivity index (χ3n) is 2.85. The van der Waals surface area contributed by atoms with E-state index in [1.54, 1.807) is 24.3 Å². The van der Waals surface area contributed by atoms with Gasteiger partial charge < -0.3 is 10.1 Å². The maximum absolute atomic E-state index is 12.1. The van der Waals surface area contributed by atoms with Crippen LogP contribution in [0.1, 0.15) is 6.92 Å². The van der Waals surface area contributed by atoms with E-state index in [-0.39, 0.29) is 6.54 Å². The van der Waals surface area contributed by atoms with Gasteiger partial charge in [0.1, 0.15) is 18.1 Å². The van der Waals surface area contributed by atoms with Crippen molar-refractivity contribution in [3.63, 3.8) is 0 Å². The van der Waals surface area contributed by atoms with E-state index in [2.05, 4.69) is 20.4 Å². The summed E-state index contributed by atoms with van der Waals surface area (Å²) in [6.07, 6.45) is 0. The zero-order valence-corrected chi connectivity index (χ0v) is 11.6. The minimum Gasteiger partial charge on any atom is -0.467 e. The molecular formula is C13H14N4O4. The lowest BCUT2D eigenvalue weighted by Crippen LogP contribution is -2.42. The van der Waals surface area contributed by atoms with Gasteiger partial charge in [-0.2, -0.15) is 0 Å². The number of rotatable bonds is 4. The highest BCUT2D eigenvalue weighted by Gasteiger charge is 2.17. The fraction of sp³-hybridized carbons (Fsp3) is 0.308. The molecule has 0 bridgehead atoms. The highest BCUT2D eigenvalue weighted by Crippen LogP contribution is 2.03. The van der Waals surface area contributed by atoms with Crippen LogP contribution in [0.15, 0.2) is 29.1 Å². The predicted molar refractivity (Wildman–Crippen MR) is 73.4 cm³/mol. The summed E-state index contributed by atoms with van der Waals surface area (Å²) in [6.45, 7) is 1.16. The molecular weight excluding hydrogens is 276 g/mol. The number of hydrogen-bond acceptors (Lipinski definition) is 6. The van der Waals surface area contributed by atoms with Gasteiger partial charge in [0.25, 0.3) is 5.56 Å². The molecule has 1 aromatic heterocycles. The average molecular weight is 290 g/mol. The average Bonchev–Trinajstić information content (AvgIpc) is 2.49. The molecule has 1 heterocycles. The molecule has 0 aliphatic rings. The van der Waals surface area contributed by atoms with E-state index in [4.69, 9.17) is 0 Å². The van der Waals surface area contributed by atoms with E-state index >= 15 is 0 Å². The maximum Gasteiger partial charge on any atom is 0.328 e. The quantitative estimate of drug-likeness (QED) is 0.759. The largest absolute Gasteiger partial charge is 0.467 e. The lowest BCUT2D eigenvalue weighted by molar-refractivity contribution is -0.144. The van der Waals surface area contributed by atoms with E-state index in [1.807, 2.05) is 0 Å². The van der Waals surface area contributed by atoms with Crippen molar-refractivity contribution in [1.29, 1.82) is 0 Å². The fourth-order valence-electron chi connectivity index (χ4n) is 1.79. The van der Waals surface area contributed by atoms with Crippen molar-refractivity contribution in [2.24, 2.45) is 0 Å². The topological polar surface area (TPSA) is 103 Å². The van der Waals surface area contributed by atoms with E-state index in [0.29, 0.717) is 10.9 Å². The van der Waals surface area contributed by atoms with Crippen LogP contribution in [0.25, 0.3) is 10.9 Å². The Kier molecular flexibility index (Phi) is 4.27. The van der Waals surface area contributed by atoms with Gasteiger partial charge in [0, 0.05) is 0 Å². The smallest absolute Gasteiger partial charge is 0.328 e. The lowest BCUT2D eigenvalue weighted by atomic mass is 10.2. The van der Waals surface area contributed by atoms with Gasteiger partial charge >= 0.3 is 5.97 Å². The van der Waals surface area contributed by atoms with Gasteiger partial charge in [0.2, 0.25) is 5.91 Å². The number of amides is 1. The molecule has 21 heavy (non-hydrogen) atoms. The van der Waals surface area contributed by atoms with Gasteiger partial charge in [-0.3, -0.25) is 9.59 Å². The number of methoxy groups -OCH3 is 1. The second kappa shape index (κ2) is 6.12. The summed E-state index contributed by atoms with van der Waals surface area (Å²) in [5.41, 5.74) is 0.0450. The molecule has 1 N–H and O–H groups in total. The zero-order chi connectivity index (χ0) is 15.4. The number of nitrogens with zero attached hydrogens (tertiary/aromatic N) is 3. The fourth-order valence-corrected chi connectivity index (χ4v) is 1.79. The number of esters is 1. The van der Waals surface area contributed by atoms with Crippen LogP contribution < -0.4 is 10.9 Å². The number of nitrogens with one attached hydrogen (secondary N) is 1. The minimum absolute atomic E-state index is 0.321. The van der Waals surface area contributed by atoms with Crippen molar-refractivity contribution in [3.05, 3.63) is 34.6 Å². The SMILES string of the molecule is COC(=O)[C@H](C)NC(=O)Cn1nnc2ccccc2c1=O. The Morgan fingerprint density at radius 1 is 1.38 bits per heavy atom. The second-order valence-corrected chi connectivity index (χ2v) is 4.38.